The van der Waals surface area contributed by atoms with Crippen LogP contribution in [0.15, 0.2) is 185 Å². The van der Waals surface area contributed by atoms with Crippen LogP contribution in [0.4, 0.5) is 0 Å². The SMILES string of the molecule is CC.CC.CC.CC.CC.CC.CC.CC.CC.CC.Cc1ccccn1.Cc1cccnc1.Cc1cccnn1.Cc1ccncc1.Cc1ccncn1.Cc1ccnnc1.Cc1cn[nH]n1.Cc1cncnc1.Cc1ncccn1.Cn1ccnn1. The fourth-order valence-electron chi connectivity index (χ4n) is 3.69. The lowest BCUT2D eigenvalue weighted by atomic mass is 10.3. The van der Waals surface area contributed by atoms with Crippen molar-refractivity contribution in [3.05, 3.63) is 235 Å². The second-order valence-corrected chi connectivity index (χ2v) is 13.6. The molecule has 10 heterocycles. The van der Waals surface area contributed by atoms with Crippen molar-refractivity contribution in [1.29, 1.82) is 0 Å². The fraction of sp³-hybridized carbons (Fsp3) is 0.435. The summed E-state index contributed by atoms with van der Waals surface area (Å²) in [5.74, 6) is 0.822. The first-order valence-corrected chi connectivity index (χ1v) is 30.8. The highest BCUT2D eigenvalue weighted by molar-refractivity contribution is 5.06. The van der Waals surface area contributed by atoms with E-state index in [1.807, 2.05) is 281 Å². The summed E-state index contributed by atoms with van der Waals surface area (Å²) in [6.45, 7) is 57.6. The predicted octanol–water partition coefficient (Wildman–Crippen LogP) is 18.3. The minimum atomic E-state index is 0.822. The Kier molecular flexibility index (Phi) is 112. The van der Waals surface area contributed by atoms with Crippen molar-refractivity contribution in [3.63, 3.8) is 0 Å². The molecule has 0 unspecified atom stereocenters. The van der Waals surface area contributed by atoms with Crippen LogP contribution in [0, 0.1) is 62.3 Å². The molecule has 0 fully saturated rings. The average Bonchev–Trinajstić information content (AvgIpc) is 4.31. The Labute approximate surface area is 536 Å². The van der Waals surface area contributed by atoms with E-state index in [4.69, 9.17) is 0 Å². The van der Waals surface area contributed by atoms with Crippen LogP contribution in [0.1, 0.15) is 189 Å². The molecule has 492 valence electrons. The summed E-state index contributed by atoms with van der Waals surface area (Å²) in [5, 5.41) is 31.4. The number of rotatable bonds is 0. The molecule has 19 heteroatoms. The third-order valence-electron chi connectivity index (χ3n) is 7.10. The van der Waals surface area contributed by atoms with Crippen LogP contribution in [0.2, 0.25) is 0 Å². The molecular weight excluding hydrogens is 1090 g/mol. The van der Waals surface area contributed by atoms with Gasteiger partial charge in [0.1, 0.15) is 18.5 Å². The smallest absolute Gasteiger partial charge is 0.125 e. The molecule has 0 aliphatic carbocycles. The molecule has 19 nitrogen and oxygen atoms in total. The van der Waals surface area contributed by atoms with Crippen LogP contribution in [0.25, 0.3) is 0 Å². The number of aromatic nitrogens is 19. The first-order chi connectivity index (χ1) is 42.9. The van der Waals surface area contributed by atoms with Gasteiger partial charge in [0.15, 0.2) is 0 Å². The molecule has 10 rings (SSSR count). The van der Waals surface area contributed by atoms with Gasteiger partial charge < -0.3 is 0 Å². The van der Waals surface area contributed by atoms with Crippen molar-refractivity contribution in [2.24, 2.45) is 7.05 Å². The molecule has 0 saturated heterocycles. The first kappa shape index (κ1) is 101. The van der Waals surface area contributed by atoms with Crippen molar-refractivity contribution in [2.75, 3.05) is 0 Å². The van der Waals surface area contributed by atoms with E-state index in [-0.39, 0.29) is 0 Å². The number of pyridine rings is 3. The summed E-state index contributed by atoms with van der Waals surface area (Å²) < 4.78 is 1.64. The van der Waals surface area contributed by atoms with Gasteiger partial charge in [-0.05, 0) is 145 Å². The highest BCUT2D eigenvalue weighted by Crippen LogP contribution is 1.90. The van der Waals surface area contributed by atoms with E-state index in [2.05, 4.69) is 91.0 Å². The third-order valence-corrected chi connectivity index (χ3v) is 7.10. The van der Waals surface area contributed by atoms with Crippen LogP contribution in [-0.4, -0.2) is 95.7 Å². The van der Waals surface area contributed by atoms with Gasteiger partial charge >= 0.3 is 0 Å². The van der Waals surface area contributed by atoms with Crippen molar-refractivity contribution < 1.29 is 0 Å². The van der Waals surface area contributed by atoms with Gasteiger partial charge in [-0.1, -0.05) is 156 Å². The Bertz CT molecular complexity index is 2040. The number of aryl methyl sites for hydroxylation is 10. The van der Waals surface area contributed by atoms with Gasteiger partial charge in [0.25, 0.3) is 0 Å². The monoisotopic (exact) mass is 1220 g/mol. The van der Waals surface area contributed by atoms with Crippen LogP contribution in [0.3, 0.4) is 0 Å². The van der Waals surface area contributed by atoms with Gasteiger partial charge in [-0.3, -0.25) is 19.6 Å². The zero-order valence-corrected chi connectivity index (χ0v) is 60.4. The van der Waals surface area contributed by atoms with Crippen molar-refractivity contribution in [1.82, 2.24) is 95.7 Å². The zero-order valence-electron chi connectivity index (χ0n) is 60.4. The minimum Gasteiger partial charge on any atom is -0.265 e. The number of hydrogen-bond acceptors (Lipinski definition) is 17. The van der Waals surface area contributed by atoms with Crippen molar-refractivity contribution in [3.8, 4) is 0 Å². The van der Waals surface area contributed by atoms with Crippen molar-refractivity contribution >= 4 is 0 Å². The van der Waals surface area contributed by atoms with E-state index in [1.54, 1.807) is 104 Å². The lowest BCUT2D eigenvalue weighted by Crippen LogP contribution is -1.85. The van der Waals surface area contributed by atoms with E-state index in [9.17, 15) is 0 Å². The second-order valence-electron chi connectivity index (χ2n) is 13.6. The predicted molar refractivity (Wildman–Crippen MR) is 376 cm³/mol. The molecule has 10 aromatic rings. The Morgan fingerprint density at radius 2 is 0.807 bits per heavy atom. The van der Waals surface area contributed by atoms with Crippen LogP contribution in [-0.2, 0) is 7.05 Å². The molecule has 0 aromatic carbocycles. The Morgan fingerprint density at radius 1 is 0.307 bits per heavy atom. The molecule has 0 aliphatic heterocycles. The normalized spacial score (nSPS) is 7.43. The minimum absolute atomic E-state index is 0.822. The summed E-state index contributed by atoms with van der Waals surface area (Å²) >= 11 is 0. The molecule has 0 aliphatic rings. The highest BCUT2D eigenvalue weighted by atomic mass is 15.4. The Hall–Kier alpha value is -8.87. The largest absolute Gasteiger partial charge is 0.265 e. The van der Waals surface area contributed by atoms with Gasteiger partial charge in [-0.15, -0.1) is 5.10 Å². The van der Waals surface area contributed by atoms with E-state index in [0.717, 1.165) is 39.7 Å². The van der Waals surface area contributed by atoms with Crippen LogP contribution < -0.4 is 0 Å². The number of nitrogens with one attached hydrogen (secondary N) is 1. The lowest BCUT2D eigenvalue weighted by Gasteiger charge is -1.82. The summed E-state index contributed by atoms with van der Waals surface area (Å²) in [5.41, 5.74) is 8.69. The number of H-pyrrole nitrogens is 1. The van der Waals surface area contributed by atoms with Crippen LogP contribution in [0.5, 0.6) is 0 Å². The van der Waals surface area contributed by atoms with Gasteiger partial charge in [-0.25, -0.2) is 29.9 Å². The van der Waals surface area contributed by atoms with Gasteiger partial charge in [0.2, 0.25) is 0 Å². The molecule has 0 atom stereocenters. The molecule has 1 N–H and O–H groups in total. The van der Waals surface area contributed by atoms with E-state index < -0.39 is 0 Å². The topological polar surface area (TPSA) is 240 Å². The molecule has 88 heavy (non-hydrogen) atoms. The summed E-state index contributed by atoms with van der Waals surface area (Å²) in [6.07, 6.45) is 30.9. The van der Waals surface area contributed by atoms with Crippen molar-refractivity contribution in [2.45, 2.75) is 201 Å². The standard InChI is InChI=1S/3C6H7N.5C5H6N2.2C3H5N3.10C2H6/c1-6-2-4-7-5-3-6;1-6-3-2-4-7-5-6;1-6-4-2-3-5-7-6;1-5-2-6-4-7-3-5;1-5-2-3-6-4-7-5;1-5-2-3-6-7-4-5;1-5-6-3-2-4-7-5;1-5-3-2-4-6-7-5;1-6-3-2-4-5-6;1-3-2-4-6-5-3;10*1-2/h3*2-5H,1H3;5*2-4H,1H3;2-3H,1H3;2H,1H3,(H,4,5,6);10*1-2H3. The summed E-state index contributed by atoms with van der Waals surface area (Å²) in [4.78, 5) is 34.6. The van der Waals surface area contributed by atoms with Gasteiger partial charge in [0, 0.05) is 99.0 Å². The fourth-order valence-corrected chi connectivity index (χ4v) is 3.69. The molecule has 0 saturated carbocycles. The lowest BCUT2D eigenvalue weighted by molar-refractivity contribution is 0.715. The number of hydrogen-bond donors (Lipinski definition) is 1. The zero-order chi connectivity index (χ0) is 69.7. The summed E-state index contributed by atoms with van der Waals surface area (Å²) in [7, 11) is 1.83. The van der Waals surface area contributed by atoms with Crippen LogP contribution >= 0.6 is 0 Å². The number of aromatic amines is 1. The molecular formula is C69H121N19. The van der Waals surface area contributed by atoms with Gasteiger partial charge in [0.05, 0.1) is 30.0 Å². The average molecular weight is 1220 g/mol. The first-order valence-electron chi connectivity index (χ1n) is 30.8. The van der Waals surface area contributed by atoms with E-state index >= 15 is 0 Å². The van der Waals surface area contributed by atoms with Gasteiger partial charge in [-0.2, -0.15) is 35.8 Å². The molecule has 0 spiro atoms. The second kappa shape index (κ2) is 97.3. The number of nitrogens with zero attached hydrogens (tertiary/aromatic N) is 18. The third kappa shape index (κ3) is 93.5. The Morgan fingerprint density at radius 3 is 1.01 bits per heavy atom. The quantitative estimate of drug-likeness (QED) is 0.148. The van der Waals surface area contributed by atoms with E-state index in [1.165, 1.54) is 23.8 Å². The maximum absolute atomic E-state index is 3.98. The maximum atomic E-state index is 3.98. The molecule has 0 amide bonds. The molecule has 10 aromatic heterocycles. The highest BCUT2D eigenvalue weighted by Gasteiger charge is 1.80. The van der Waals surface area contributed by atoms with E-state index in [0.29, 0.717) is 0 Å². The molecule has 0 bridgehead atoms. The molecule has 0 radical (unpaired) electrons. The Balaban J connectivity index is -0.0000000930. The maximum Gasteiger partial charge on any atom is 0.125 e. The summed E-state index contributed by atoms with van der Waals surface area (Å²) in [6, 6.07) is 23.1.